The second-order valence-corrected chi connectivity index (χ2v) is 4.11. The number of hydrogen-bond donors (Lipinski definition) is 2. The van der Waals surface area contributed by atoms with Crippen LogP contribution in [0.15, 0.2) is 30.6 Å². The van der Waals surface area contributed by atoms with Gasteiger partial charge in [-0.2, -0.15) is 5.10 Å². The van der Waals surface area contributed by atoms with Crippen molar-refractivity contribution in [1.29, 1.82) is 0 Å². The van der Waals surface area contributed by atoms with Gasteiger partial charge in [-0.25, -0.2) is 0 Å². The van der Waals surface area contributed by atoms with Gasteiger partial charge in [0.25, 0.3) is 5.91 Å². The summed E-state index contributed by atoms with van der Waals surface area (Å²) in [6.07, 6.45) is 3.41. The third-order valence-electron chi connectivity index (χ3n) is 2.76. The molecule has 1 aromatic carbocycles. The Morgan fingerprint density at radius 3 is 2.89 bits per heavy atom. The highest BCUT2D eigenvalue weighted by molar-refractivity contribution is 6.04. The quantitative estimate of drug-likeness (QED) is 0.811. The van der Waals surface area contributed by atoms with Gasteiger partial charge >= 0.3 is 0 Å². The van der Waals surface area contributed by atoms with Crippen molar-refractivity contribution < 1.29 is 4.79 Å². The van der Waals surface area contributed by atoms with Crippen molar-refractivity contribution in [3.05, 3.63) is 41.7 Å². The van der Waals surface area contributed by atoms with Crippen molar-refractivity contribution in [2.24, 2.45) is 0 Å². The van der Waals surface area contributed by atoms with E-state index >= 15 is 0 Å². The Bertz CT molecular complexity index is 574. The molecule has 94 valence electrons. The molecule has 5 nitrogen and oxygen atoms in total. The standard InChI is InChI=1S/C13H16N4O/c1-3-17-8-11(7-15-17)16-13(18)10-5-4-9(2)12(14)6-10/h4-8H,3,14H2,1-2H3,(H,16,18). The number of rotatable bonds is 3. The molecule has 3 N–H and O–H groups in total. The van der Waals surface area contributed by atoms with Crippen LogP contribution in [0.2, 0.25) is 0 Å². The molecule has 0 atom stereocenters. The largest absolute Gasteiger partial charge is 0.398 e. The number of anilines is 2. The molecule has 0 radical (unpaired) electrons. The molecular formula is C13H16N4O. The van der Waals surface area contributed by atoms with E-state index in [1.807, 2.05) is 19.9 Å². The molecule has 0 aliphatic rings. The van der Waals surface area contributed by atoms with E-state index in [-0.39, 0.29) is 5.91 Å². The van der Waals surface area contributed by atoms with E-state index in [0.717, 1.165) is 12.1 Å². The Hall–Kier alpha value is -2.30. The van der Waals surface area contributed by atoms with Gasteiger partial charge in [-0.3, -0.25) is 9.48 Å². The van der Waals surface area contributed by atoms with Crippen LogP contribution in [-0.2, 0) is 6.54 Å². The van der Waals surface area contributed by atoms with Crippen LogP contribution in [0, 0.1) is 6.92 Å². The van der Waals surface area contributed by atoms with Crippen LogP contribution in [0.25, 0.3) is 0 Å². The van der Waals surface area contributed by atoms with E-state index in [2.05, 4.69) is 10.4 Å². The number of nitrogens with zero attached hydrogens (tertiary/aromatic N) is 2. The maximum Gasteiger partial charge on any atom is 0.255 e. The van der Waals surface area contributed by atoms with E-state index in [4.69, 9.17) is 5.73 Å². The summed E-state index contributed by atoms with van der Waals surface area (Å²) in [5.41, 5.74) is 8.59. The molecule has 0 saturated carbocycles. The lowest BCUT2D eigenvalue weighted by molar-refractivity contribution is 0.102. The molecule has 0 saturated heterocycles. The molecule has 2 aromatic rings. The number of amides is 1. The molecule has 0 aliphatic carbocycles. The molecule has 2 rings (SSSR count). The van der Waals surface area contributed by atoms with Crippen molar-refractivity contribution in [1.82, 2.24) is 9.78 Å². The molecule has 0 spiro atoms. The first kappa shape index (κ1) is 12.2. The lowest BCUT2D eigenvalue weighted by Gasteiger charge is -2.05. The van der Waals surface area contributed by atoms with E-state index in [9.17, 15) is 4.79 Å². The summed E-state index contributed by atoms with van der Waals surface area (Å²) in [4.78, 5) is 12.0. The van der Waals surface area contributed by atoms with E-state index in [1.165, 1.54) is 0 Å². The average Bonchev–Trinajstić information content (AvgIpc) is 2.80. The Kier molecular flexibility index (Phi) is 3.32. The number of hydrogen-bond acceptors (Lipinski definition) is 3. The van der Waals surface area contributed by atoms with Gasteiger partial charge in [0, 0.05) is 24.0 Å². The summed E-state index contributed by atoms with van der Waals surface area (Å²) in [6, 6.07) is 5.26. The van der Waals surface area contributed by atoms with Gasteiger partial charge in [-0.05, 0) is 31.5 Å². The molecular weight excluding hydrogens is 228 g/mol. The Labute approximate surface area is 106 Å². The van der Waals surface area contributed by atoms with Crippen molar-refractivity contribution >= 4 is 17.3 Å². The Balaban J connectivity index is 2.14. The van der Waals surface area contributed by atoms with Crippen molar-refractivity contribution in [3.63, 3.8) is 0 Å². The fourth-order valence-corrected chi connectivity index (χ4v) is 1.59. The van der Waals surface area contributed by atoms with Crippen LogP contribution in [-0.4, -0.2) is 15.7 Å². The first-order valence-corrected chi connectivity index (χ1v) is 5.80. The smallest absolute Gasteiger partial charge is 0.255 e. The predicted molar refractivity (Wildman–Crippen MR) is 71.4 cm³/mol. The number of nitrogens with one attached hydrogen (secondary N) is 1. The number of nitrogen functional groups attached to an aromatic ring is 1. The number of carbonyl (C=O) groups excluding carboxylic acids is 1. The van der Waals surface area contributed by atoms with Gasteiger partial charge < -0.3 is 11.1 Å². The zero-order valence-corrected chi connectivity index (χ0v) is 10.5. The number of benzene rings is 1. The van der Waals surface area contributed by atoms with E-state index in [1.54, 1.807) is 29.2 Å². The summed E-state index contributed by atoms with van der Waals surface area (Å²) < 4.78 is 1.75. The summed E-state index contributed by atoms with van der Waals surface area (Å²) >= 11 is 0. The Morgan fingerprint density at radius 1 is 1.50 bits per heavy atom. The molecule has 1 heterocycles. The van der Waals surface area contributed by atoms with Crippen molar-refractivity contribution in [2.45, 2.75) is 20.4 Å². The van der Waals surface area contributed by atoms with Gasteiger partial charge in [-0.1, -0.05) is 6.07 Å². The summed E-state index contributed by atoms with van der Waals surface area (Å²) in [7, 11) is 0. The molecule has 1 amide bonds. The number of carbonyl (C=O) groups is 1. The fraction of sp³-hybridized carbons (Fsp3) is 0.231. The maximum atomic E-state index is 12.0. The summed E-state index contributed by atoms with van der Waals surface area (Å²) in [6.45, 7) is 4.66. The normalized spacial score (nSPS) is 10.3. The highest BCUT2D eigenvalue weighted by Crippen LogP contribution is 2.14. The van der Waals surface area contributed by atoms with Gasteiger partial charge in [0.15, 0.2) is 0 Å². The fourth-order valence-electron chi connectivity index (χ4n) is 1.59. The molecule has 1 aromatic heterocycles. The summed E-state index contributed by atoms with van der Waals surface area (Å²) in [5, 5.41) is 6.87. The number of nitrogens with two attached hydrogens (primary N) is 1. The summed E-state index contributed by atoms with van der Waals surface area (Å²) in [5.74, 6) is -0.183. The lowest BCUT2D eigenvalue weighted by Crippen LogP contribution is -2.12. The predicted octanol–water partition coefficient (Wildman–Crippen LogP) is 2.05. The van der Waals surface area contributed by atoms with Crippen molar-refractivity contribution in [3.8, 4) is 0 Å². The lowest BCUT2D eigenvalue weighted by atomic mass is 10.1. The van der Waals surface area contributed by atoms with Crippen LogP contribution >= 0.6 is 0 Å². The first-order valence-electron chi connectivity index (χ1n) is 5.80. The van der Waals surface area contributed by atoms with Crippen molar-refractivity contribution in [2.75, 3.05) is 11.1 Å². The Morgan fingerprint density at radius 2 is 2.28 bits per heavy atom. The molecule has 0 fully saturated rings. The van der Waals surface area contributed by atoms with Crippen LogP contribution in [0.1, 0.15) is 22.8 Å². The topological polar surface area (TPSA) is 72.9 Å². The minimum atomic E-state index is -0.183. The van der Waals surface area contributed by atoms with E-state index in [0.29, 0.717) is 16.9 Å². The van der Waals surface area contributed by atoms with Crippen LogP contribution in [0.3, 0.4) is 0 Å². The second kappa shape index (κ2) is 4.91. The highest BCUT2D eigenvalue weighted by Gasteiger charge is 2.08. The van der Waals surface area contributed by atoms with Gasteiger partial charge in [0.2, 0.25) is 0 Å². The first-order chi connectivity index (χ1) is 8.60. The SMILES string of the molecule is CCn1cc(NC(=O)c2ccc(C)c(N)c2)cn1. The maximum absolute atomic E-state index is 12.0. The minimum Gasteiger partial charge on any atom is -0.398 e. The molecule has 0 aliphatic heterocycles. The average molecular weight is 244 g/mol. The molecule has 18 heavy (non-hydrogen) atoms. The van der Waals surface area contributed by atoms with Gasteiger partial charge in [0.1, 0.15) is 0 Å². The second-order valence-electron chi connectivity index (χ2n) is 4.11. The minimum absolute atomic E-state index is 0.183. The number of aryl methyl sites for hydroxylation is 2. The molecule has 0 unspecified atom stereocenters. The zero-order valence-electron chi connectivity index (χ0n) is 10.5. The number of aromatic nitrogens is 2. The van der Waals surface area contributed by atoms with Crippen LogP contribution in [0.4, 0.5) is 11.4 Å². The third kappa shape index (κ3) is 2.51. The van der Waals surface area contributed by atoms with E-state index < -0.39 is 0 Å². The zero-order chi connectivity index (χ0) is 13.1. The third-order valence-corrected chi connectivity index (χ3v) is 2.76. The van der Waals surface area contributed by atoms with Gasteiger partial charge in [-0.15, -0.1) is 0 Å². The monoisotopic (exact) mass is 244 g/mol. The molecule has 0 bridgehead atoms. The van der Waals surface area contributed by atoms with Crippen LogP contribution < -0.4 is 11.1 Å². The highest BCUT2D eigenvalue weighted by atomic mass is 16.1. The van der Waals surface area contributed by atoms with Crippen LogP contribution in [0.5, 0.6) is 0 Å². The molecule has 5 heteroatoms. The van der Waals surface area contributed by atoms with Gasteiger partial charge in [0.05, 0.1) is 11.9 Å².